The number of hydrogen-bond acceptors (Lipinski definition) is 4. The summed E-state index contributed by atoms with van der Waals surface area (Å²) >= 11 is 0. The Hall–Kier alpha value is -4.36. The molecule has 0 aliphatic rings. The molecule has 0 aliphatic heterocycles. The molecule has 5 rings (SSSR count). The van der Waals surface area contributed by atoms with Gasteiger partial charge in [-0.25, -0.2) is 4.39 Å². The molecular formula is C31H31FN6. The second-order valence-corrected chi connectivity index (χ2v) is 9.81. The molecule has 4 heterocycles. The first-order chi connectivity index (χ1) is 18.4. The van der Waals surface area contributed by atoms with Crippen LogP contribution in [0.4, 0.5) is 4.39 Å². The van der Waals surface area contributed by atoms with Crippen molar-refractivity contribution in [1.82, 2.24) is 30.0 Å². The molecule has 0 saturated carbocycles. The van der Waals surface area contributed by atoms with Crippen molar-refractivity contribution in [3.05, 3.63) is 94.8 Å². The molecule has 1 aromatic carbocycles. The number of allylic oxidation sites excluding steroid dienone is 2. The van der Waals surface area contributed by atoms with Gasteiger partial charge in [-0.3, -0.25) is 15.1 Å². The highest BCUT2D eigenvalue weighted by Gasteiger charge is 2.12. The van der Waals surface area contributed by atoms with Gasteiger partial charge in [0.25, 0.3) is 0 Å². The van der Waals surface area contributed by atoms with E-state index in [1.54, 1.807) is 18.5 Å². The monoisotopic (exact) mass is 506 g/mol. The molecule has 0 bridgehead atoms. The molecule has 0 amide bonds. The van der Waals surface area contributed by atoms with Crippen LogP contribution in [-0.4, -0.2) is 50.7 Å². The van der Waals surface area contributed by atoms with Crippen LogP contribution in [0.25, 0.3) is 51.6 Å². The van der Waals surface area contributed by atoms with Gasteiger partial charge in [0.15, 0.2) is 0 Å². The topological polar surface area (TPSA) is 73.5 Å². The number of hydrogen-bond donors (Lipinski definition) is 2. The number of fused-ring (bicyclic) bond motifs is 1. The zero-order valence-corrected chi connectivity index (χ0v) is 21.9. The molecule has 0 atom stereocenters. The Morgan fingerprint density at radius 3 is 2.74 bits per heavy atom. The summed E-state index contributed by atoms with van der Waals surface area (Å²) in [5.74, 6) is -0.280. The fraction of sp³-hybridized carbons (Fsp3) is 0.194. The summed E-state index contributed by atoms with van der Waals surface area (Å²) in [5.41, 5.74) is 7.48. The number of H-pyrrole nitrogens is 2. The van der Waals surface area contributed by atoms with Crippen molar-refractivity contribution in [2.75, 3.05) is 20.6 Å². The van der Waals surface area contributed by atoms with Crippen molar-refractivity contribution in [3.8, 4) is 22.5 Å². The Kier molecular flexibility index (Phi) is 7.29. The SMILES string of the molecule is C=c1c(-c2cc3c(-c4cccc(F)c4)cncc3[nH]2)n[nH]/c1=C/C=C(\C)c1cncc(CCCN(C)C)c1. The average Bonchev–Trinajstić information content (AvgIpc) is 3.50. The first kappa shape index (κ1) is 25.3. The standard InChI is InChI=1S/C31H31FN6/c1-20(24-13-22(16-33-17-24)7-6-12-38(3)4)10-11-28-21(2)31(37-36-28)29-15-26-27(18-34-19-30(26)35-29)23-8-5-9-25(32)14-23/h5,8-11,13-19,35-36H,2,6-7,12H2,1,3-4H3/b20-10+,28-11+. The van der Waals surface area contributed by atoms with E-state index >= 15 is 0 Å². The van der Waals surface area contributed by atoms with Gasteiger partial charge < -0.3 is 9.88 Å². The molecular weight excluding hydrogens is 475 g/mol. The summed E-state index contributed by atoms with van der Waals surface area (Å²) in [6.45, 7) is 7.41. The van der Waals surface area contributed by atoms with Crippen LogP contribution in [0.2, 0.25) is 0 Å². The van der Waals surface area contributed by atoms with Gasteiger partial charge in [0.05, 0.1) is 22.8 Å². The highest BCUT2D eigenvalue weighted by atomic mass is 19.1. The molecule has 0 aliphatic carbocycles. The van der Waals surface area contributed by atoms with E-state index in [1.807, 2.05) is 30.6 Å². The molecule has 2 N–H and O–H groups in total. The Balaban J connectivity index is 1.42. The molecule has 6 nitrogen and oxygen atoms in total. The number of aromatic amines is 2. The van der Waals surface area contributed by atoms with Gasteiger partial charge in [0.1, 0.15) is 11.5 Å². The summed E-state index contributed by atoms with van der Waals surface area (Å²) < 4.78 is 13.8. The van der Waals surface area contributed by atoms with Gasteiger partial charge in [-0.2, -0.15) is 5.10 Å². The predicted octanol–water partition coefficient (Wildman–Crippen LogP) is 4.94. The summed E-state index contributed by atoms with van der Waals surface area (Å²) in [6.07, 6.45) is 13.5. The summed E-state index contributed by atoms with van der Waals surface area (Å²) in [7, 11) is 4.18. The highest BCUT2D eigenvalue weighted by Crippen LogP contribution is 2.30. The van der Waals surface area contributed by atoms with E-state index in [1.165, 1.54) is 17.7 Å². The molecule has 5 aromatic rings. The third kappa shape index (κ3) is 5.48. The Morgan fingerprint density at radius 2 is 1.92 bits per heavy atom. The minimum Gasteiger partial charge on any atom is -0.352 e. The molecule has 0 unspecified atom stereocenters. The van der Waals surface area contributed by atoms with Crippen LogP contribution in [0.1, 0.15) is 24.5 Å². The normalized spacial score (nSPS) is 12.7. The minimum absolute atomic E-state index is 0.280. The van der Waals surface area contributed by atoms with Gasteiger partial charge in [0, 0.05) is 34.8 Å². The van der Waals surface area contributed by atoms with Crippen LogP contribution >= 0.6 is 0 Å². The van der Waals surface area contributed by atoms with Crippen LogP contribution in [0.5, 0.6) is 0 Å². The Labute approximate surface area is 221 Å². The maximum absolute atomic E-state index is 13.8. The lowest BCUT2D eigenvalue weighted by Gasteiger charge is -2.09. The summed E-state index contributed by atoms with van der Waals surface area (Å²) in [6, 6.07) is 10.8. The van der Waals surface area contributed by atoms with Gasteiger partial charge in [-0.15, -0.1) is 0 Å². The predicted molar refractivity (Wildman–Crippen MR) is 153 cm³/mol. The number of aryl methyl sites for hydroxylation is 1. The van der Waals surface area contributed by atoms with E-state index in [4.69, 9.17) is 0 Å². The van der Waals surface area contributed by atoms with Crippen LogP contribution in [0.3, 0.4) is 0 Å². The first-order valence-corrected chi connectivity index (χ1v) is 12.6. The van der Waals surface area contributed by atoms with Crippen LogP contribution < -0.4 is 10.6 Å². The number of pyridine rings is 2. The van der Waals surface area contributed by atoms with Crippen molar-refractivity contribution in [2.45, 2.75) is 19.8 Å². The van der Waals surface area contributed by atoms with Crippen molar-refractivity contribution < 1.29 is 4.39 Å². The third-order valence-corrected chi connectivity index (χ3v) is 6.66. The lowest BCUT2D eigenvalue weighted by Crippen LogP contribution is -2.21. The molecule has 4 aromatic heterocycles. The van der Waals surface area contributed by atoms with Crippen LogP contribution in [0, 0.1) is 5.82 Å². The van der Waals surface area contributed by atoms with E-state index < -0.39 is 0 Å². The largest absolute Gasteiger partial charge is 0.352 e. The molecule has 0 radical (unpaired) electrons. The molecule has 0 spiro atoms. The zero-order chi connectivity index (χ0) is 26.6. The van der Waals surface area contributed by atoms with Crippen molar-refractivity contribution in [3.63, 3.8) is 0 Å². The van der Waals surface area contributed by atoms with Gasteiger partial charge in [-0.05, 0) is 93.0 Å². The molecule has 0 fully saturated rings. The summed E-state index contributed by atoms with van der Waals surface area (Å²) in [4.78, 5) is 14.4. The van der Waals surface area contributed by atoms with Gasteiger partial charge in [0.2, 0.25) is 0 Å². The number of benzene rings is 1. The molecule has 7 heteroatoms. The van der Waals surface area contributed by atoms with E-state index in [9.17, 15) is 4.39 Å². The number of aromatic nitrogens is 5. The van der Waals surface area contributed by atoms with E-state index in [0.29, 0.717) is 0 Å². The molecule has 0 saturated heterocycles. The lowest BCUT2D eigenvalue weighted by atomic mass is 10.0. The zero-order valence-electron chi connectivity index (χ0n) is 21.9. The Morgan fingerprint density at radius 1 is 1.08 bits per heavy atom. The Bertz CT molecular complexity index is 1730. The van der Waals surface area contributed by atoms with Crippen molar-refractivity contribution >= 4 is 29.1 Å². The van der Waals surface area contributed by atoms with Crippen molar-refractivity contribution in [2.24, 2.45) is 0 Å². The third-order valence-electron chi connectivity index (χ3n) is 6.66. The maximum atomic E-state index is 13.8. The van der Waals surface area contributed by atoms with Crippen LogP contribution in [0.15, 0.2) is 67.3 Å². The number of rotatable bonds is 8. The molecule has 38 heavy (non-hydrogen) atoms. The lowest BCUT2D eigenvalue weighted by molar-refractivity contribution is 0.400. The minimum atomic E-state index is -0.280. The van der Waals surface area contributed by atoms with Crippen LogP contribution in [-0.2, 0) is 6.42 Å². The second-order valence-electron chi connectivity index (χ2n) is 9.81. The molecule has 192 valence electrons. The fourth-order valence-electron chi connectivity index (χ4n) is 4.55. The van der Waals surface area contributed by atoms with E-state index in [0.717, 1.165) is 74.5 Å². The number of nitrogens with one attached hydrogen (secondary N) is 2. The smallest absolute Gasteiger partial charge is 0.123 e. The second kappa shape index (κ2) is 10.9. The highest BCUT2D eigenvalue weighted by molar-refractivity contribution is 5.97. The van der Waals surface area contributed by atoms with Gasteiger partial charge in [-0.1, -0.05) is 24.8 Å². The van der Waals surface area contributed by atoms with Crippen molar-refractivity contribution in [1.29, 1.82) is 0 Å². The van der Waals surface area contributed by atoms with E-state index in [2.05, 4.69) is 69.8 Å². The average molecular weight is 507 g/mol. The maximum Gasteiger partial charge on any atom is 0.123 e. The number of nitrogens with zero attached hydrogens (tertiary/aromatic N) is 4. The van der Waals surface area contributed by atoms with E-state index in [-0.39, 0.29) is 5.82 Å². The van der Waals surface area contributed by atoms with Gasteiger partial charge >= 0.3 is 0 Å². The number of halogens is 1. The summed E-state index contributed by atoms with van der Waals surface area (Å²) in [5, 5.41) is 10.2. The first-order valence-electron chi connectivity index (χ1n) is 12.6. The quantitative estimate of drug-likeness (QED) is 0.313. The fourth-order valence-corrected chi connectivity index (χ4v) is 4.55.